The number of nitrogens with zero attached hydrogens (tertiary/aromatic N) is 1. The van der Waals surface area contributed by atoms with E-state index < -0.39 is 9.84 Å². The zero-order valence-electron chi connectivity index (χ0n) is 15.6. The van der Waals surface area contributed by atoms with E-state index in [-0.39, 0.29) is 23.0 Å². The SMILES string of the molecule is CCNC(=NCC(CC)(CC)c1ccccc1)NC1CCS(=O)(=O)C1. The highest BCUT2D eigenvalue weighted by molar-refractivity contribution is 7.91. The van der Waals surface area contributed by atoms with Gasteiger partial charge in [0.25, 0.3) is 0 Å². The van der Waals surface area contributed by atoms with E-state index in [4.69, 9.17) is 4.99 Å². The lowest BCUT2D eigenvalue weighted by atomic mass is 9.76. The Morgan fingerprint density at radius 2 is 1.88 bits per heavy atom. The Labute approximate surface area is 152 Å². The summed E-state index contributed by atoms with van der Waals surface area (Å²) in [5.74, 6) is 1.18. The van der Waals surface area contributed by atoms with Gasteiger partial charge in [0.05, 0.1) is 18.1 Å². The molecule has 140 valence electrons. The maximum absolute atomic E-state index is 11.7. The Balaban J connectivity index is 2.15. The quantitative estimate of drug-likeness (QED) is 0.575. The Kier molecular flexibility index (Phi) is 6.87. The summed E-state index contributed by atoms with van der Waals surface area (Å²) in [5, 5.41) is 6.56. The molecule has 1 heterocycles. The summed E-state index contributed by atoms with van der Waals surface area (Å²) in [6, 6.07) is 10.5. The minimum Gasteiger partial charge on any atom is -0.357 e. The van der Waals surface area contributed by atoms with Crippen LogP contribution in [0.2, 0.25) is 0 Å². The second kappa shape index (κ2) is 8.70. The van der Waals surface area contributed by atoms with Crippen LogP contribution in [-0.4, -0.2) is 45.0 Å². The molecule has 2 N–H and O–H groups in total. The van der Waals surface area contributed by atoms with E-state index in [1.165, 1.54) is 5.56 Å². The van der Waals surface area contributed by atoms with Crippen molar-refractivity contribution < 1.29 is 8.42 Å². The van der Waals surface area contributed by atoms with Gasteiger partial charge in [0, 0.05) is 18.0 Å². The topological polar surface area (TPSA) is 70.6 Å². The average molecular weight is 366 g/mol. The first-order valence-corrected chi connectivity index (χ1v) is 11.1. The van der Waals surface area contributed by atoms with Gasteiger partial charge >= 0.3 is 0 Å². The molecule has 1 aliphatic heterocycles. The van der Waals surface area contributed by atoms with Crippen LogP contribution in [0.4, 0.5) is 0 Å². The van der Waals surface area contributed by atoms with Gasteiger partial charge in [-0.2, -0.15) is 0 Å². The van der Waals surface area contributed by atoms with E-state index in [9.17, 15) is 8.42 Å². The number of rotatable bonds is 7. The summed E-state index contributed by atoms with van der Waals surface area (Å²) in [6.45, 7) is 7.86. The molecule has 6 heteroatoms. The van der Waals surface area contributed by atoms with Gasteiger partial charge in [-0.1, -0.05) is 44.2 Å². The minimum atomic E-state index is -2.90. The van der Waals surface area contributed by atoms with Crippen molar-refractivity contribution in [1.82, 2.24) is 10.6 Å². The summed E-state index contributed by atoms with van der Waals surface area (Å²) in [5.41, 5.74) is 1.31. The van der Waals surface area contributed by atoms with E-state index >= 15 is 0 Å². The standard InChI is InChI=1S/C19H31N3O2S/c1-4-19(5-2,16-10-8-7-9-11-16)15-21-18(20-6-3)22-17-12-13-25(23,24)14-17/h7-11,17H,4-6,12-15H2,1-3H3,(H2,20,21,22). The first-order valence-electron chi connectivity index (χ1n) is 9.25. The fourth-order valence-corrected chi connectivity index (χ4v) is 5.09. The number of hydrogen-bond donors (Lipinski definition) is 2. The summed E-state index contributed by atoms with van der Waals surface area (Å²) in [7, 11) is -2.90. The zero-order valence-corrected chi connectivity index (χ0v) is 16.4. The van der Waals surface area contributed by atoms with Crippen LogP contribution in [0.15, 0.2) is 35.3 Å². The van der Waals surface area contributed by atoms with Crippen molar-refractivity contribution >= 4 is 15.8 Å². The molecule has 1 aromatic carbocycles. The van der Waals surface area contributed by atoms with E-state index in [2.05, 4.69) is 48.7 Å². The molecule has 2 rings (SSSR count). The maximum Gasteiger partial charge on any atom is 0.191 e. The van der Waals surface area contributed by atoms with Crippen molar-refractivity contribution in [3.8, 4) is 0 Å². The first-order chi connectivity index (χ1) is 11.9. The number of sulfone groups is 1. The lowest BCUT2D eigenvalue weighted by molar-refractivity contribution is 0.406. The molecule has 0 saturated carbocycles. The summed E-state index contributed by atoms with van der Waals surface area (Å²) < 4.78 is 23.3. The third kappa shape index (κ3) is 5.21. The third-order valence-electron chi connectivity index (χ3n) is 5.20. The van der Waals surface area contributed by atoms with Gasteiger partial charge in [-0.15, -0.1) is 0 Å². The van der Waals surface area contributed by atoms with Crippen LogP contribution in [0, 0.1) is 0 Å². The lowest BCUT2D eigenvalue weighted by Gasteiger charge is -2.31. The maximum atomic E-state index is 11.7. The molecular weight excluding hydrogens is 334 g/mol. The first kappa shape index (κ1) is 19.8. The summed E-state index contributed by atoms with van der Waals surface area (Å²) in [4.78, 5) is 4.81. The normalized spacial score (nSPS) is 20.4. The molecule has 1 fully saturated rings. The predicted octanol–water partition coefficient (Wildman–Crippen LogP) is 2.49. The van der Waals surface area contributed by atoms with Gasteiger partial charge in [0.1, 0.15) is 0 Å². The molecule has 0 radical (unpaired) electrons. The zero-order chi connectivity index (χ0) is 18.3. The molecule has 1 unspecified atom stereocenters. The molecular formula is C19H31N3O2S. The fraction of sp³-hybridized carbons (Fsp3) is 0.632. The van der Waals surface area contributed by atoms with Crippen LogP contribution in [0.3, 0.4) is 0 Å². The van der Waals surface area contributed by atoms with E-state index in [0.29, 0.717) is 18.9 Å². The van der Waals surface area contributed by atoms with Gasteiger partial charge in [0.15, 0.2) is 15.8 Å². The van der Waals surface area contributed by atoms with E-state index in [0.717, 1.165) is 19.4 Å². The average Bonchev–Trinajstić information content (AvgIpc) is 2.96. The van der Waals surface area contributed by atoms with Gasteiger partial charge in [-0.25, -0.2) is 8.42 Å². The van der Waals surface area contributed by atoms with E-state index in [1.807, 2.05) is 13.0 Å². The third-order valence-corrected chi connectivity index (χ3v) is 6.96. The minimum absolute atomic E-state index is 0.00532. The monoisotopic (exact) mass is 365 g/mol. The molecule has 1 saturated heterocycles. The van der Waals surface area contributed by atoms with Crippen LogP contribution in [0.1, 0.15) is 45.6 Å². The van der Waals surface area contributed by atoms with Gasteiger partial charge in [-0.05, 0) is 31.7 Å². The Bertz CT molecular complexity index is 667. The van der Waals surface area contributed by atoms with Crippen molar-refractivity contribution in [3.63, 3.8) is 0 Å². The summed E-state index contributed by atoms with van der Waals surface area (Å²) >= 11 is 0. The molecule has 0 aromatic heterocycles. The Morgan fingerprint density at radius 1 is 1.20 bits per heavy atom. The fourth-order valence-electron chi connectivity index (χ4n) is 3.42. The molecule has 0 bridgehead atoms. The molecule has 1 atom stereocenters. The molecule has 1 aromatic rings. The predicted molar refractivity (Wildman–Crippen MR) is 105 cm³/mol. The molecule has 5 nitrogen and oxygen atoms in total. The van der Waals surface area contributed by atoms with Crippen LogP contribution in [0.25, 0.3) is 0 Å². The van der Waals surface area contributed by atoms with Crippen molar-refractivity contribution in [2.75, 3.05) is 24.6 Å². The largest absolute Gasteiger partial charge is 0.357 e. The van der Waals surface area contributed by atoms with Crippen molar-refractivity contribution in [3.05, 3.63) is 35.9 Å². The van der Waals surface area contributed by atoms with Gasteiger partial charge in [0.2, 0.25) is 0 Å². The Hall–Kier alpha value is -1.56. The smallest absolute Gasteiger partial charge is 0.191 e. The second-order valence-corrected chi connectivity index (χ2v) is 9.02. The highest BCUT2D eigenvalue weighted by Gasteiger charge is 2.30. The number of aliphatic imine (C=N–C) groups is 1. The van der Waals surface area contributed by atoms with Gasteiger partial charge < -0.3 is 10.6 Å². The second-order valence-electron chi connectivity index (χ2n) is 6.79. The molecule has 1 aliphatic rings. The van der Waals surface area contributed by atoms with Crippen LogP contribution in [-0.2, 0) is 15.3 Å². The molecule has 25 heavy (non-hydrogen) atoms. The van der Waals surface area contributed by atoms with Crippen molar-refractivity contribution in [1.29, 1.82) is 0 Å². The van der Waals surface area contributed by atoms with Gasteiger partial charge in [-0.3, -0.25) is 4.99 Å². The highest BCUT2D eigenvalue weighted by atomic mass is 32.2. The molecule has 0 amide bonds. The molecule has 0 aliphatic carbocycles. The van der Waals surface area contributed by atoms with Crippen LogP contribution in [0.5, 0.6) is 0 Å². The number of guanidine groups is 1. The van der Waals surface area contributed by atoms with Crippen LogP contribution >= 0.6 is 0 Å². The number of benzene rings is 1. The highest BCUT2D eigenvalue weighted by Crippen LogP contribution is 2.32. The van der Waals surface area contributed by atoms with Crippen molar-refractivity contribution in [2.24, 2.45) is 4.99 Å². The van der Waals surface area contributed by atoms with E-state index in [1.54, 1.807) is 0 Å². The van der Waals surface area contributed by atoms with Crippen molar-refractivity contribution in [2.45, 2.75) is 51.5 Å². The number of hydrogen-bond acceptors (Lipinski definition) is 3. The van der Waals surface area contributed by atoms with Crippen LogP contribution < -0.4 is 10.6 Å². The Morgan fingerprint density at radius 3 is 2.40 bits per heavy atom. The molecule has 0 spiro atoms. The lowest BCUT2D eigenvalue weighted by Crippen LogP contribution is -2.44. The summed E-state index contributed by atoms with van der Waals surface area (Å²) in [6.07, 6.45) is 2.67. The number of nitrogens with one attached hydrogen (secondary N) is 2.